The van der Waals surface area contributed by atoms with E-state index >= 15 is 0 Å². The quantitative estimate of drug-likeness (QED) is 0.768. The third kappa shape index (κ3) is 4.88. The summed E-state index contributed by atoms with van der Waals surface area (Å²) < 4.78 is 0. The van der Waals surface area contributed by atoms with Gasteiger partial charge in [-0.25, -0.2) is 0 Å². The third-order valence-electron chi connectivity index (χ3n) is 3.38. The second kappa shape index (κ2) is 7.49. The van der Waals surface area contributed by atoms with E-state index in [-0.39, 0.29) is 6.42 Å². The van der Waals surface area contributed by atoms with Crippen molar-refractivity contribution in [3.63, 3.8) is 0 Å². The van der Waals surface area contributed by atoms with Crippen molar-refractivity contribution in [2.45, 2.75) is 32.1 Å². The molecule has 0 saturated heterocycles. The van der Waals surface area contributed by atoms with E-state index in [2.05, 4.69) is 48.5 Å². The zero-order chi connectivity index (χ0) is 14.2. The lowest BCUT2D eigenvalue weighted by Gasteiger charge is -2.04. The summed E-state index contributed by atoms with van der Waals surface area (Å²) in [4.78, 5) is 10.4. The minimum absolute atomic E-state index is 0.270. The van der Waals surface area contributed by atoms with Crippen molar-refractivity contribution in [3.05, 3.63) is 71.3 Å². The van der Waals surface area contributed by atoms with Crippen LogP contribution in [0, 0.1) is 0 Å². The molecule has 2 heteroatoms. The number of benzene rings is 2. The number of hydrogen-bond acceptors (Lipinski definition) is 1. The van der Waals surface area contributed by atoms with Crippen LogP contribution in [0.4, 0.5) is 0 Å². The van der Waals surface area contributed by atoms with Crippen molar-refractivity contribution in [1.29, 1.82) is 0 Å². The summed E-state index contributed by atoms with van der Waals surface area (Å²) in [6.07, 6.45) is 3.87. The van der Waals surface area contributed by atoms with Crippen molar-refractivity contribution in [1.82, 2.24) is 0 Å². The molecule has 0 aliphatic heterocycles. The van der Waals surface area contributed by atoms with E-state index in [0.717, 1.165) is 25.7 Å². The van der Waals surface area contributed by atoms with Crippen LogP contribution in [-0.4, -0.2) is 11.1 Å². The normalized spacial score (nSPS) is 10.4. The molecule has 0 aliphatic carbocycles. The molecule has 0 aliphatic rings. The molecule has 1 N–H and O–H groups in total. The van der Waals surface area contributed by atoms with Gasteiger partial charge in [0, 0.05) is 6.42 Å². The van der Waals surface area contributed by atoms with Gasteiger partial charge in [0.25, 0.3) is 0 Å². The molecule has 0 atom stereocenters. The standard InChI is InChI=1S/C18H20O2/c19-18(20)9-5-4-6-15-10-12-17(13-11-15)14-16-7-2-1-3-8-16/h1-3,7-8,10-13H,4-6,9,14H2,(H,19,20). The van der Waals surface area contributed by atoms with Crippen LogP contribution in [0.3, 0.4) is 0 Å². The summed E-state index contributed by atoms with van der Waals surface area (Å²) in [6, 6.07) is 19.1. The number of carboxylic acid groups (broad SMARTS) is 1. The Hall–Kier alpha value is -2.09. The SMILES string of the molecule is O=C(O)CCCCc1ccc(Cc2ccccc2)cc1. The lowest BCUT2D eigenvalue weighted by Crippen LogP contribution is -1.95. The number of aliphatic carboxylic acids is 1. The van der Waals surface area contributed by atoms with Gasteiger partial charge in [-0.2, -0.15) is 0 Å². The highest BCUT2D eigenvalue weighted by Crippen LogP contribution is 2.12. The lowest BCUT2D eigenvalue weighted by molar-refractivity contribution is -0.137. The van der Waals surface area contributed by atoms with Gasteiger partial charge in [-0.05, 0) is 42.4 Å². The fourth-order valence-electron chi connectivity index (χ4n) is 2.26. The maximum absolute atomic E-state index is 10.4. The van der Waals surface area contributed by atoms with Crippen LogP contribution in [0.25, 0.3) is 0 Å². The van der Waals surface area contributed by atoms with E-state index in [1.54, 1.807) is 0 Å². The molecule has 2 rings (SSSR count). The summed E-state index contributed by atoms with van der Waals surface area (Å²) in [7, 11) is 0. The van der Waals surface area contributed by atoms with Gasteiger partial charge in [0.2, 0.25) is 0 Å². The van der Waals surface area contributed by atoms with Gasteiger partial charge >= 0.3 is 5.97 Å². The maximum atomic E-state index is 10.4. The molecule has 2 aromatic rings. The van der Waals surface area contributed by atoms with Gasteiger partial charge in [-0.15, -0.1) is 0 Å². The topological polar surface area (TPSA) is 37.3 Å². The molecule has 2 nitrogen and oxygen atoms in total. The van der Waals surface area contributed by atoms with Crippen molar-refractivity contribution in [3.8, 4) is 0 Å². The van der Waals surface area contributed by atoms with E-state index < -0.39 is 5.97 Å². The van der Waals surface area contributed by atoms with Crippen molar-refractivity contribution >= 4 is 5.97 Å². The molecule has 104 valence electrons. The Labute approximate surface area is 120 Å². The molecule has 0 radical (unpaired) electrons. The van der Waals surface area contributed by atoms with Gasteiger partial charge in [0.15, 0.2) is 0 Å². The van der Waals surface area contributed by atoms with Gasteiger partial charge in [-0.1, -0.05) is 54.6 Å². The fraction of sp³-hybridized carbons (Fsp3) is 0.278. The van der Waals surface area contributed by atoms with Crippen LogP contribution < -0.4 is 0 Å². The lowest BCUT2D eigenvalue weighted by atomic mass is 10.0. The van der Waals surface area contributed by atoms with Crippen LogP contribution in [0.2, 0.25) is 0 Å². The average Bonchev–Trinajstić information content (AvgIpc) is 2.46. The fourth-order valence-corrected chi connectivity index (χ4v) is 2.26. The number of hydrogen-bond donors (Lipinski definition) is 1. The number of rotatable bonds is 7. The number of unbranched alkanes of at least 4 members (excludes halogenated alkanes) is 1. The molecule has 0 saturated carbocycles. The van der Waals surface area contributed by atoms with E-state index in [1.165, 1.54) is 16.7 Å². The average molecular weight is 268 g/mol. The Morgan fingerprint density at radius 2 is 1.40 bits per heavy atom. The van der Waals surface area contributed by atoms with E-state index in [4.69, 9.17) is 5.11 Å². The molecule has 2 aromatic carbocycles. The number of carboxylic acids is 1. The Morgan fingerprint density at radius 3 is 2.05 bits per heavy atom. The predicted octanol–water partition coefficient (Wildman–Crippen LogP) is 4.07. The van der Waals surface area contributed by atoms with Gasteiger partial charge < -0.3 is 5.11 Å². The summed E-state index contributed by atoms with van der Waals surface area (Å²) in [5, 5.41) is 8.59. The van der Waals surface area contributed by atoms with E-state index in [1.807, 2.05) is 6.07 Å². The second-order valence-electron chi connectivity index (χ2n) is 5.08. The van der Waals surface area contributed by atoms with Crippen LogP contribution >= 0.6 is 0 Å². The number of aryl methyl sites for hydroxylation is 1. The predicted molar refractivity (Wildman–Crippen MR) is 80.9 cm³/mol. The smallest absolute Gasteiger partial charge is 0.303 e. The van der Waals surface area contributed by atoms with Gasteiger partial charge in [-0.3, -0.25) is 4.79 Å². The Balaban J connectivity index is 1.82. The Kier molecular flexibility index (Phi) is 5.36. The highest BCUT2D eigenvalue weighted by molar-refractivity contribution is 5.66. The first-order valence-corrected chi connectivity index (χ1v) is 7.07. The highest BCUT2D eigenvalue weighted by Gasteiger charge is 1.99. The second-order valence-corrected chi connectivity index (χ2v) is 5.08. The Bertz CT molecular complexity index is 529. The maximum Gasteiger partial charge on any atom is 0.303 e. The molecular formula is C18H20O2. The van der Waals surface area contributed by atoms with Crippen LogP contribution in [0.15, 0.2) is 54.6 Å². The largest absolute Gasteiger partial charge is 0.481 e. The van der Waals surface area contributed by atoms with Crippen LogP contribution in [0.5, 0.6) is 0 Å². The molecule has 20 heavy (non-hydrogen) atoms. The van der Waals surface area contributed by atoms with Gasteiger partial charge in [0.1, 0.15) is 0 Å². The van der Waals surface area contributed by atoms with Crippen molar-refractivity contribution in [2.75, 3.05) is 0 Å². The highest BCUT2D eigenvalue weighted by atomic mass is 16.4. The molecule has 0 aromatic heterocycles. The molecule has 0 amide bonds. The molecule has 0 unspecified atom stereocenters. The monoisotopic (exact) mass is 268 g/mol. The molecule has 0 fully saturated rings. The summed E-state index contributed by atoms with van der Waals surface area (Å²) in [5.41, 5.74) is 3.92. The van der Waals surface area contributed by atoms with Crippen LogP contribution in [-0.2, 0) is 17.6 Å². The molecule has 0 spiro atoms. The van der Waals surface area contributed by atoms with E-state index in [0.29, 0.717) is 0 Å². The summed E-state index contributed by atoms with van der Waals surface area (Å²) >= 11 is 0. The zero-order valence-electron chi connectivity index (χ0n) is 11.6. The Morgan fingerprint density at radius 1 is 0.800 bits per heavy atom. The zero-order valence-corrected chi connectivity index (χ0v) is 11.6. The minimum atomic E-state index is -0.705. The summed E-state index contributed by atoms with van der Waals surface area (Å²) in [6.45, 7) is 0. The molecule has 0 heterocycles. The van der Waals surface area contributed by atoms with Crippen LogP contribution in [0.1, 0.15) is 36.0 Å². The van der Waals surface area contributed by atoms with Crippen molar-refractivity contribution < 1.29 is 9.90 Å². The van der Waals surface area contributed by atoms with Gasteiger partial charge in [0.05, 0.1) is 0 Å². The first-order valence-electron chi connectivity index (χ1n) is 7.07. The first kappa shape index (κ1) is 14.3. The van der Waals surface area contributed by atoms with E-state index in [9.17, 15) is 4.79 Å². The molecule has 0 bridgehead atoms. The first-order chi connectivity index (χ1) is 9.74. The third-order valence-corrected chi connectivity index (χ3v) is 3.38. The number of carbonyl (C=O) groups is 1. The van der Waals surface area contributed by atoms with Crippen molar-refractivity contribution in [2.24, 2.45) is 0 Å². The minimum Gasteiger partial charge on any atom is -0.481 e. The summed E-state index contributed by atoms with van der Waals surface area (Å²) in [5.74, 6) is -0.705. The molecular weight excluding hydrogens is 248 g/mol.